The molecule has 2 aliphatic rings. The second-order valence-corrected chi connectivity index (χ2v) is 7.26. The lowest BCUT2D eigenvalue weighted by atomic mass is 10.0. The lowest BCUT2D eigenvalue weighted by molar-refractivity contribution is -0.112. The number of carbonyl (C=O) groups is 1. The van der Waals surface area contributed by atoms with Crippen molar-refractivity contribution in [2.24, 2.45) is 5.16 Å². The Bertz CT molecular complexity index is 501. The van der Waals surface area contributed by atoms with Crippen LogP contribution in [0.3, 0.4) is 0 Å². The van der Waals surface area contributed by atoms with Gasteiger partial charge in [-0.15, -0.1) is 0 Å². The minimum Gasteiger partial charge on any atom is -0.293 e. The van der Waals surface area contributed by atoms with Crippen LogP contribution in [-0.2, 0) is 19.2 Å². The van der Waals surface area contributed by atoms with Crippen molar-refractivity contribution in [2.75, 3.05) is 0 Å². The second kappa shape index (κ2) is 7.02. The first-order chi connectivity index (χ1) is 9.58. The maximum absolute atomic E-state index is 11.9. The lowest BCUT2D eigenvalue weighted by Gasteiger charge is -2.19. The average Bonchev–Trinajstić information content (AvgIpc) is 2.92. The normalized spacial score (nSPS) is 21.1. The van der Waals surface area contributed by atoms with Crippen LogP contribution in [0, 0.1) is 0 Å². The molecule has 0 aromatic heterocycles. The number of nitrogens with zero attached hydrogens (tertiary/aromatic N) is 1. The van der Waals surface area contributed by atoms with Gasteiger partial charge >= 0.3 is 10.1 Å². The van der Waals surface area contributed by atoms with Gasteiger partial charge in [-0.05, 0) is 32.1 Å². The number of hydrogen-bond acceptors (Lipinski definition) is 5. The lowest BCUT2D eigenvalue weighted by Crippen LogP contribution is -2.24. The van der Waals surface area contributed by atoms with E-state index in [-0.39, 0.29) is 5.78 Å². The van der Waals surface area contributed by atoms with Crippen LogP contribution in [0.4, 0.5) is 0 Å². The Labute approximate surface area is 120 Å². The van der Waals surface area contributed by atoms with E-state index >= 15 is 0 Å². The molecule has 0 saturated heterocycles. The van der Waals surface area contributed by atoms with Gasteiger partial charge in [-0.2, -0.15) is 8.42 Å². The molecule has 1 fully saturated rings. The van der Waals surface area contributed by atoms with E-state index in [1.165, 1.54) is 0 Å². The molecule has 0 heterocycles. The van der Waals surface area contributed by atoms with Crippen molar-refractivity contribution in [1.29, 1.82) is 0 Å². The fraction of sp³-hybridized carbons (Fsp3) is 0.714. The van der Waals surface area contributed by atoms with Gasteiger partial charge in [0.1, 0.15) is 6.21 Å². The first-order valence-corrected chi connectivity index (χ1v) is 8.71. The van der Waals surface area contributed by atoms with Crippen LogP contribution < -0.4 is 0 Å². The molecule has 0 atom stereocenters. The molecule has 112 valence electrons. The van der Waals surface area contributed by atoms with Crippen molar-refractivity contribution in [3.8, 4) is 0 Å². The quantitative estimate of drug-likeness (QED) is 0.429. The maximum Gasteiger partial charge on any atom is 0.331 e. The molecule has 5 nitrogen and oxygen atoms in total. The molecule has 0 aromatic rings. The van der Waals surface area contributed by atoms with Crippen molar-refractivity contribution < 1.29 is 17.5 Å². The predicted molar refractivity (Wildman–Crippen MR) is 76.9 cm³/mol. The summed E-state index contributed by atoms with van der Waals surface area (Å²) in [4.78, 5) is 11.6. The first kappa shape index (κ1) is 15.2. The zero-order valence-electron chi connectivity index (χ0n) is 11.6. The van der Waals surface area contributed by atoms with E-state index in [9.17, 15) is 13.2 Å². The number of ketones is 1. The van der Waals surface area contributed by atoms with Crippen LogP contribution in [0.2, 0.25) is 0 Å². The van der Waals surface area contributed by atoms with Crippen molar-refractivity contribution in [2.45, 2.75) is 63.0 Å². The van der Waals surface area contributed by atoms with E-state index in [0.717, 1.165) is 50.3 Å². The largest absolute Gasteiger partial charge is 0.331 e. The fourth-order valence-electron chi connectivity index (χ4n) is 2.72. The molecule has 0 amide bonds. The fourth-order valence-corrected chi connectivity index (χ4v) is 3.92. The summed E-state index contributed by atoms with van der Waals surface area (Å²) in [5.74, 6) is -0.211. The summed E-state index contributed by atoms with van der Waals surface area (Å²) in [6.07, 6.45) is 10.6. The number of carbonyl (C=O) groups excluding carboxylic acids is 1. The minimum atomic E-state index is -3.67. The van der Waals surface area contributed by atoms with Crippen LogP contribution >= 0.6 is 0 Å². The third kappa shape index (κ3) is 4.44. The smallest absolute Gasteiger partial charge is 0.293 e. The van der Waals surface area contributed by atoms with Crippen molar-refractivity contribution in [3.05, 3.63) is 11.6 Å². The van der Waals surface area contributed by atoms with Crippen molar-refractivity contribution >= 4 is 22.1 Å². The van der Waals surface area contributed by atoms with Gasteiger partial charge in [0.2, 0.25) is 0 Å². The monoisotopic (exact) mass is 299 g/mol. The van der Waals surface area contributed by atoms with Crippen LogP contribution in [-0.4, -0.2) is 25.7 Å². The molecular weight excluding hydrogens is 278 g/mol. The zero-order valence-corrected chi connectivity index (χ0v) is 12.4. The molecule has 1 saturated carbocycles. The van der Waals surface area contributed by atoms with E-state index in [2.05, 4.69) is 15.5 Å². The molecule has 0 spiro atoms. The standard InChI is InChI=1S/C14H21NO4S/c16-13(10-12-6-4-5-7-12)11-15-19-20(17,18)14-8-2-1-3-9-14/h6,11,14H,1-5,7-10H2. The van der Waals surface area contributed by atoms with Gasteiger partial charge in [0.25, 0.3) is 0 Å². The molecule has 0 bridgehead atoms. The maximum atomic E-state index is 11.9. The summed E-state index contributed by atoms with van der Waals surface area (Å²) in [7, 11) is -3.67. The number of hydrogen-bond donors (Lipinski definition) is 0. The zero-order chi connectivity index (χ0) is 14.4. The van der Waals surface area contributed by atoms with E-state index in [0.29, 0.717) is 19.3 Å². The highest BCUT2D eigenvalue weighted by Crippen LogP contribution is 2.24. The summed E-state index contributed by atoms with van der Waals surface area (Å²) in [6.45, 7) is 0. The van der Waals surface area contributed by atoms with Gasteiger partial charge in [0.15, 0.2) is 5.78 Å². The van der Waals surface area contributed by atoms with Crippen LogP contribution in [0.5, 0.6) is 0 Å². The van der Waals surface area contributed by atoms with Crippen LogP contribution in [0.25, 0.3) is 0 Å². The third-order valence-electron chi connectivity index (χ3n) is 3.84. The van der Waals surface area contributed by atoms with Crippen molar-refractivity contribution in [3.63, 3.8) is 0 Å². The SMILES string of the molecule is O=C(C=NOS(=O)(=O)C1CCCCC1)CC1=CCCC1. The van der Waals surface area contributed by atoms with Gasteiger partial charge in [-0.25, -0.2) is 0 Å². The summed E-state index contributed by atoms with van der Waals surface area (Å²) >= 11 is 0. The molecular formula is C14H21NO4S. The molecule has 0 N–H and O–H groups in total. The van der Waals surface area contributed by atoms with Gasteiger partial charge in [0.05, 0.1) is 5.25 Å². The number of rotatable bonds is 6. The second-order valence-electron chi connectivity index (χ2n) is 5.46. The summed E-state index contributed by atoms with van der Waals surface area (Å²) in [5.41, 5.74) is 1.11. The van der Waals surface area contributed by atoms with Gasteiger partial charge in [0, 0.05) is 6.42 Å². The number of allylic oxidation sites excluding steroid dienone is 2. The first-order valence-electron chi connectivity index (χ1n) is 7.24. The highest BCUT2D eigenvalue weighted by atomic mass is 32.2. The van der Waals surface area contributed by atoms with E-state index < -0.39 is 15.4 Å². The third-order valence-corrected chi connectivity index (χ3v) is 5.42. The van der Waals surface area contributed by atoms with Gasteiger partial charge in [-0.1, -0.05) is 36.1 Å². The van der Waals surface area contributed by atoms with Gasteiger partial charge < -0.3 is 0 Å². The molecule has 0 unspecified atom stereocenters. The Kier molecular flexibility index (Phi) is 5.34. The average molecular weight is 299 g/mol. The Morgan fingerprint density at radius 2 is 2.05 bits per heavy atom. The Balaban J connectivity index is 1.80. The van der Waals surface area contributed by atoms with E-state index in [1.807, 2.05) is 0 Å². The van der Waals surface area contributed by atoms with E-state index in [1.54, 1.807) is 0 Å². The molecule has 0 radical (unpaired) electrons. The number of oxime groups is 1. The Hall–Kier alpha value is -1.17. The van der Waals surface area contributed by atoms with Gasteiger partial charge in [-0.3, -0.25) is 9.08 Å². The van der Waals surface area contributed by atoms with Crippen molar-refractivity contribution in [1.82, 2.24) is 0 Å². The Morgan fingerprint density at radius 1 is 1.30 bits per heavy atom. The molecule has 0 aromatic carbocycles. The van der Waals surface area contributed by atoms with Crippen LogP contribution in [0.15, 0.2) is 16.8 Å². The molecule has 2 rings (SSSR count). The molecule has 6 heteroatoms. The Morgan fingerprint density at radius 3 is 2.70 bits per heavy atom. The van der Waals surface area contributed by atoms with E-state index in [4.69, 9.17) is 0 Å². The molecule has 0 aliphatic heterocycles. The predicted octanol–water partition coefficient (Wildman–Crippen LogP) is 2.72. The highest BCUT2D eigenvalue weighted by molar-refractivity contribution is 7.87. The summed E-state index contributed by atoms with van der Waals surface area (Å²) in [6, 6.07) is 0. The minimum absolute atomic E-state index is 0.211. The number of Topliss-reactive ketones (excluding diaryl/α,β-unsaturated/α-hetero) is 1. The van der Waals surface area contributed by atoms with Crippen LogP contribution in [0.1, 0.15) is 57.8 Å². The highest BCUT2D eigenvalue weighted by Gasteiger charge is 2.28. The molecule has 20 heavy (non-hydrogen) atoms. The topological polar surface area (TPSA) is 72.8 Å². The summed E-state index contributed by atoms with van der Waals surface area (Å²) in [5, 5.41) is 2.90. The molecule has 2 aliphatic carbocycles. The summed E-state index contributed by atoms with van der Waals surface area (Å²) < 4.78 is 28.3.